The van der Waals surface area contributed by atoms with Crippen molar-refractivity contribution >= 4 is 14.4 Å². The molecule has 5 nitrogen and oxygen atoms in total. The number of hydrogen-bond acceptors (Lipinski definition) is 4. The number of aromatic nitrogens is 2. The monoisotopic (exact) mass is 268 g/mol. The zero-order chi connectivity index (χ0) is 13.8. The quantitative estimate of drug-likeness (QED) is 0.447. The van der Waals surface area contributed by atoms with Crippen LogP contribution in [-0.2, 0) is 11.5 Å². The second-order valence-electron chi connectivity index (χ2n) is 5.53. The lowest BCUT2D eigenvalue weighted by Crippen LogP contribution is -2.23. The minimum Gasteiger partial charge on any atom is -0.360 e. The van der Waals surface area contributed by atoms with Crippen molar-refractivity contribution in [2.45, 2.75) is 39.3 Å². The van der Waals surface area contributed by atoms with Gasteiger partial charge in [-0.1, -0.05) is 19.6 Å². The lowest BCUT2D eigenvalue weighted by molar-refractivity contribution is 0.0765. The zero-order valence-electron chi connectivity index (χ0n) is 11.4. The van der Waals surface area contributed by atoms with Gasteiger partial charge in [-0.05, 0) is 13.0 Å². The van der Waals surface area contributed by atoms with Crippen molar-refractivity contribution in [3.05, 3.63) is 27.7 Å². The Morgan fingerprint density at radius 1 is 1.44 bits per heavy atom. The maximum absolute atomic E-state index is 11.5. The second kappa shape index (κ2) is 6.06. The van der Waals surface area contributed by atoms with E-state index in [0.29, 0.717) is 18.5 Å². The summed E-state index contributed by atoms with van der Waals surface area (Å²) < 4.78 is 7.00. The molecule has 0 aromatic carbocycles. The normalized spacial score (nSPS) is 11.6. The van der Waals surface area contributed by atoms with Crippen LogP contribution in [0.4, 0.5) is 0 Å². The van der Waals surface area contributed by atoms with Crippen LogP contribution in [0.2, 0.25) is 25.7 Å². The molecule has 0 atom stereocenters. The Labute approximate surface area is 108 Å². The van der Waals surface area contributed by atoms with Crippen LogP contribution in [0.25, 0.3) is 0 Å². The molecule has 1 rings (SSSR count). The highest BCUT2D eigenvalue weighted by atomic mass is 28.3. The number of aldehydes is 1. The summed E-state index contributed by atoms with van der Waals surface area (Å²) in [6.45, 7) is 9.45. The van der Waals surface area contributed by atoms with Gasteiger partial charge in [-0.2, -0.15) is 5.10 Å². The maximum Gasteiger partial charge on any atom is 0.213 e. The predicted octanol–water partition coefficient (Wildman–Crippen LogP) is 1.68. The summed E-state index contributed by atoms with van der Waals surface area (Å²) in [6, 6.07) is 1.08. The van der Waals surface area contributed by atoms with Crippen molar-refractivity contribution in [3.63, 3.8) is 0 Å². The SMILES string of the molecule is Cc1cn(COCC[Si](C)(C)C)nc(C=O)c1=O. The molecular formula is C12H20N2O3Si. The lowest BCUT2D eigenvalue weighted by Gasteiger charge is -2.15. The van der Waals surface area contributed by atoms with E-state index in [1.807, 2.05) is 0 Å². The van der Waals surface area contributed by atoms with Crippen molar-refractivity contribution in [3.8, 4) is 0 Å². The number of aryl methyl sites for hydroxylation is 1. The summed E-state index contributed by atoms with van der Waals surface area (Å²) in [4.78, 5) is 22.2. The van der Waals surface area contributed by atoms with Crippen LogP contribution < -0.4 is 5.43 Å². The second-order valence-corrected chi connectivity index (χ2v) is 11.2. The molecule has 0 spiro atoms. The molecule has 0 bridgehead atoms. The van der Waals surface area contributed by atoms with Gasteiger partial charge in [0.25, 0.3) is 0 Å². The van der Waals surface area contributed by atoms with Crippen molar-refractivity contribution in [2.75, 3.05) is 6.61 Å². The van der Waals surface area contributed by atoms with E-state index in [0.717, 1.165) is 6.04 Å². The number of carbonyl (C=O) groups is 1. The fourth-order valence-electron chi connectivity index (χ4n) is 1.38. The van der Waals surface area contributed by atoms with Crippen LogP contribution in [0.1, 0.15) is 16.1 Å². The Morgan fingerprint density at radius 3 is 2.67 bits per heavy atom. The Bertz CT molecular complexity index is 477. The average molecular weight is 268 g/mol. The first-order valence-corrected chi connectivity index (χ1v) is 9.65. The third-order valence-corrected chi connectivity index (χ3v) is 4.21. The minimum absolute atomic E-state index is 0.0659. The number of nitrogens with zero attached hydrogens (tertiary/aromatic N) is 2. The third-order valence-electron chi connectivity index (χ3n) is 2.50. The average Bonchev–Trinajstić information content (AvgIpc) is 2.27. The molecule has 0 amide bonds. The smallest absolute Gasteiger partial charge is 0.213 e. The number of rotatable bonds is 6. The van der Waals surface area contributed by atoms with E-state index in [1.165, 1.54) is 4.68 Å². The van der Waals surface area contributed by atoms with Crippen molar-refractivity contribution in [1.82, 2.24) is 9.78 Å². The van der Waals surface area contributed by atoms with Crippen molar-refractivity contribution in [1.29, 1.82) is 0 Å². The largest absolute Gasteiger partial charge is 0.360 e. The Balaban J connectivity index is 2.61. The molecule has 0 aliphatic carbocycles. The summed E-state index contributed by atoms with van der Waals surface area (Å²) >= 11 is 0. The molecule has 0 aliphatic heterocycles. The molecule has 0 unspecified atom stereocenters. The molecule has 1 aromatic heterocycles. The predicted molar refractivity (Wildman–Crippen MR) is 72.7 cm³/mol. The molecule has 0 saturated carbocycles. The zero-order valence-corrected chi connectivity index (χ0v) is 12.4. The van der Waals surface area contributed by atoms with E-state index < -0.39 is 8.07 Å². The highest BCUT2D eigenvalue weighted by Gasteiger charge is 2.12. The van der Waals surface area contributed by atoms with Gasteiger partial charge in [-0.3, -0.25) is 9.59 Å². The molecule has 0 N–H and O–H groups in total. The molecule has 0 aliphatic rings. The highest BCUT2D eigenvalue weighted by molar-refractivity contribution is 6.76. The number of hydrogen-bond donors (Lipinski definition) is 0. The van der Waals surface area contributed by atoms with Gasteiger partial charge in [0.2, 0.25) is 5.43 Å². The first-order valence-electron chi connectivity index (χ1n) is 5.95. The number of ether oxygens (including phenoxy) is 1. The van der Waals surface area contributed by atoms with Crippen LogP contribution >= 0.6 is 0 Å². The van der Waals surface area contributed by atoms with Gasteiger partial charge in [-0.25, -0.2) is 4.68 Å². The van der Waals surface area contributed by atoms with Crippen LogP contribution in [0.5, 0.6) is 0 Å². The van der Waals surface area contributed by atoms with Crippen LogP contribution in [-0.4, -0.2) is 30.7 Å². The standard InChI is InChI=1S/C12H20N2O3Si/c1-10-7-14(13-11(8-15)12(10)16)9-17-5-6-18(2,3)4/h7-8H,5-6,9H2,1-4H3. The number of carbonyl (C=O) groups excluding carboxylic acids is 1. The van der Waals surface area contributed by atoms with Crippen molar-refractivity contribution in [2.24, 2.45) is 0 Å². The van der Waals surface area contributed by atoms with Crippen LogP contribution in [0.3, 0.4) is 0 Å². The van der Waals surface area contributed by atoms with E-state index >= 15 is 0 Å². The molecule has 6 heteroatoms. The van der Waals surface area contributed by atoms with Crippen LogP contribution in [0, 0.1) is 6.92 Å². The van der Waals surface area contributed by atoms with E-state index in [4.69, 9.17) is 4.74 Å². The molecule has 100 valence electrons. The molecule has 0 saturated heterocycles. The fourth-order valence-corrected chi connectivity index (χ4v) is 2.13. The van der Waals surface area contributed by atoms with Gasteiger partial charge in [0, 0.05) is 26.4 Å². The molecule has 1 aromatic rings. The first-order chi connectivity index (χ1) is 8.33. The molecule has 0 radical (unpaired) electrons. The highest BCUT2D eigenvalue weighted by Crippen LogP contribution is 2.07. The summed E-state index contributed by atoms with van der Waals surface area (Å²) in [7, 11) is -1.09. The summed E-state index contributed by atoms with van der Waals surface area (Å²) in [5.74, 6) is 0. The van der Waals surface area contributed by atoms with Gasteiger partial charge in [-0.15, -0.1) is 0 Å². The fraction of sp³-hybridized carbons (Fsp3) is 0.583. The van der Waals surface area contributed by atoms with Gasteiger partial charge < -0.3 is 4.74 Å². The van der Waals surface area contributed by atoms with Crippen molar-refractivity contribution < 1.29 is 9.53 Å². The maximum atomic E-state index is 11.5. The van der Waals surface area contributed by atoms with E-state index in [9.17, 15) is 9.59 Å². The third kappa shape index (κ3) is 4.54. The Hall–Kier alpha value is -1.27. The van der Waals surface area contributed by atoms with Gasteiger partial charge in [0.05, 0.1) is 0 Å². The lowest BCUT2D eigenvalue weighted by atomic mass is 10.3. The van der Waals surface area contributed by atoms with E-state index in [1.54, 1.807) is 13.1 Å². The minimum atomic E-state index is -1.09. The first kappa shape index (κ1) is 14.8. The molecular weight excluding hydrogens is 248 g/mol. The summed E-state index contributed by atoms with van der Waals surface area (Å²) in [5, 5.41) is 3.91. The summed E-state index contributed by atoms with van der Waals surface area (Å²) in [5.41, 5.74) is 0.119. The van der Waals surface area contributed by atoms with E-state index in [2.05, 4.69) is 24.7 Å². The van der Waals surface area contributed by atoms with Gasteiger partial charge >= 0.3 is 0 Å². The molecule has 0 fully saturated rings. The molecule has 18 heavy (non-hydrogen) atoms. The molecule has 1 heterocycles. The van der Waals surface area contributed by atoms with Crippen LogP contribution in [0.15, 0.2) is 11.0 Å². The van der Waals surface area contributed by atoms with Gasteiger partial charge in [0.15, 0.2) is 12.0 Å². The summed E-state index contributed by atoms with van der Waals surface area (Å²) in [6.07, 6.45) is 2.08. The topological polar surface area (TPSA) is 61.2 Å². The Kier molecular flexibility index (Phi) is 4.98. The van der Waals surface area contributed by atoms with Gasteiger partial charge in [0.1, 0.15) is 6.73 Å². The Morgan fingerprint density at radius 2 is 2.11 bits per heavy atom. The van der Waals surface area contributed by atoms with E-state index in [-0.39, 0.29) is 17.9 Å².